The molecule has 2 fully saturated rings. The molecule has 2 N–H and O–H groups in total. The number of anilines is 1. The summed E-state index contributed by atoms with van der Waals surface area (Å²) in [4.78, 5) is 32.3. The molecule has 1 saturated carbocycles. The first-order valence-electron chi connectivity index (χ1n) is 13.4. The predicted molar refractivity (Wildman–Crippen MR) is 143 cm³/mol. The van der Waals surface area contributed by atoms with Crippen molar-refractivity contribution in [2.75, 3.05) is 11.4 Å². The first-order chi connectivity index (χ1) is 18.4. The maximum absolute atomic E-state index is 12.3. The van der Waals surface area contributed by atoms with Crippen LogP contribution in [0, 0.1) is 0 Å². The molecule has 0 radical (unpaired) electrons. The number of carbonyl (C=O) groups is 2. The quantitative estimate of drug-likeness (QED) is 0.503. The third-order valence-corrected chi connectivity index (χ3v) is 7.85. The van der Waals surface area contributed by atoms with Gasteiger partial charge in [0.1, 0.15) is 23.1 Å². The van der Waals surface area contributed by atoms with Gasteiger partial charge in [-0.2, -0.15) is 0 Å². The molecule has 3 amide bonds. The molecule has 1 aliphatic carbocycles. The van der Waals surface area contributed by atoms with E-state index in [1.807, 2.05) is 23.7 Å². The van der Waals surface area contributed by atoms with E-state index in [1.54, 1.807) is 17.2 Å². The number of amides is 3. The standard InChI is InChI=1S/C29H33N5O4/c1-32-27(34-12-11-26(36)31-29(34)37)15-30-28(32)19-7-8-20-16-33(18-22(20)13-19)17-21-9-10-24(14-25(21)35)38-23-5-3-2-4-6-23/h7-10,13-15,23,35H,2-6,11-12,16-18H2,1H3,(H,31,36,37). The number of phenolic OH excluding ortho intramolecular Hbond substituents is 1. The summed E-state index contributed by atoms with van der Waals surface area (Å²) in [6.45, 7) is 2.57. The Morgan fingerprint density at radius 1 is 1.05 bits per heavy atom. The van der Waals surface area contributed by atoms with Gasteiger partial charge in [0.2, 0.25) is 5.91 Å². The molecule has 0 spiro atoms. The van der Waals surface area contributed by atoms with E-state index in [-0.39, 0.29) is 24.2 Å². The van der Waals surface area contributed by atoms with E-state index in [0.717, 1.165) is 48.6 Å². The monoisotopic (exact) mass is 515 g/mol. The van der Waals surface area contributed by atoms with Gasteiger partial charge < -0.3 is 14.4 Å². The number of imide groups is 1. The zero-order valence-electron chi connectivity index (χ0n) is 21.7. The number of hydrogen-bond acceptors (Lipinski definition) is 6. The molecule has 9 nitrogen and oxygen atoms in total. The molecule has 198 valence electrons. The smallest absolute Gasteiger partial charge is 0.329 e. The maximum Gasteiger partial charge on any atom is 0.329 e. The molecule has 0 atom stereocenters. The van der Waals surface area contributed by atoms with Crippen molar-refractivity contribution in [2.24, 2.45) is 7.05 Å². The number of rotatable bonds is 6. The van der Waals surface area contributed by atoms with Crippen LogP contribution in [0.4, 0.5) is 10.6 Å². The highest BCUT2D eigenvalue weighted by Gasteiger charge is 2.28. The Kier molecular flexibility index (Phi) is 6.53. The molecular weight excluding hydrogens is 482 g/mol. The van der Waals surface area contributed by atoms with E-state index in [0.29, 0.717) is 18.9 Å². The van der Waals surface area contributed by atoms with Gasteiger partial charge in [0.05, 0.1) is 12.3 Å². The molecule has 2 aliphatic heterocycles. The normalized spacial score (nSPS) is 18.5. The van der Waals surface area contributed by atoms with Crippen LogP contribution in [0.1, 0.15) is 55.2 Å². The Morgan fingerprint density at radius 2 is 1.87 bits per heavy atom. The Bertz CT molecular complexity index is 1380. The van der Waals surface area contributed by atoms with Crippen molar-refractivity contribution in [1.29, 1.82) is 0 Å². The summed E-state index contributed by atoms with van der Waals surface area (Å²) in [6, 6.07) is 11.6. The fourth-order valence-corrected chi connectivity index (χ4v) is 5.79. The van der Waals surface area contributed by atoms with Crippen LogP contribution < -0.4 is 15.0 Å². The number of imidazole rings is 1. The zero-order chi connectivity index (χ0) is 26.2. The van der Waals surface area contributed by atoms with E-state index in [2.05, 4.69) is 33.4 Å². The van der Waals surface area contributed by atoms with Crippen molar-refractivity contribution in [3.05, 3.63) is 59.3 Å². The van der Waals surface area contributed by atoms with Crippen molar-refractivity contribution in [3.63, 3.8) is 0 Å². The molecule has 6 rings (SSSR count). The minimum atomic E-state index is -0.419. The average Bonchev–Trinajstić information content (AvgIpc) is 3.48. The lowest BCUT2D eigenvalue weighted by atomic mass is 9.98. The highest BCUT2D eigenvalue weighted by Crippen LogP contribution is 2.33. The van der Waals surface area contributed by atoms with Crippen LogP contribution >= 0.6 is 0 Å². The second kappa shape index (κ2) is 10.1. The number of carbonyl (C=O) groups excluding carboxylic acids is 2. The first-order valence-corrected chi connectivity index (χ1v) is 13.4. The third kappa shape index (κ3) is 4.86. The van der Waals surface area contributed by atoms with Crippen LogP contribution in [0.25, 0.3) is 11.4 Å². The number of aromatic nitrogens is 2. The Labute approximate surface area is 222 Å². The van der Waals surface area contributed by atoms with Gasteiger partial charge in [-0.3, -0.25) is 19.9 Å². The van der Waals surface area contributed by atoms with Crippen molar-refractivity contribution < 1.29 is 19.4 Å². The number of phenols is 1. The number of urea groups is 1. The Balaban J connectivity index is 1.13. The lowest BCUT2D eigenvalue weighted by Crippen LogP contribution is -2.50. The van der Waals surface area contributed by atoms with Gasteiger partial charge in [-0.05, 0) is 48.9 Å². The third-order valence-electron chi connectivity index (χ3n) is 7.85. The summed E-state index contributed by atoms with van der Waals surface area (Å²) in [5.74, 6) is 2.18. The number of nitrogens with zero attached hydrogens (tertiary/aromatic N) is 4. The fourth-order valence-electron chi connectivity index (χ4n) is 5.79. The summed E-state index contributed by atoms with van der Waals surface area (Å²) < 4.78 is 7.99. The number of hydrogen-bond donors (Lipinski definition) is 2. The zero-order valence-corrected chi connectivity index (χ0v) is 21.7. The summed E-state index contributed by atoms with van der Waals surface area (Å²) >= 11 is 0. The van der Waals surface area contributed by atoms with E-state index in [4.69, 9.17) is 4.74 Å². The van der Waals surface area contributed by atoms with Gasteiger partial charge in [0, 0.05) is 56.8 Å². The van der Waals surface area contributed by atoms with E-state index in [1.165, 1.54) is 30.4 Å². The molecule has 1 saturated heterocycles. The minimum absolute atomic E-state index is 0.256. The molecule has 0 unspecified atom stereocenters. The summed E-state index contributed by atoms with van der Waals surface area (Å²) in [6.07, 6.45) is 8.09. The lowest BCUT2D eigenvalue weighted by Gasteiger charge is -2.26. The second-order valence-electron chi connectivity index (χ2n) is 10.6. The number of aromatic hydroxyl groups is 1. The van der Waals surface area contributed by atoms with Gasteiger partial charge >= 0.3 is 6.03 Å². The summed E-state index contributed by atoms with van der Waals surface area (Å²) in [7, 11) is 1.88. The fraction of sp³-hybridized carbons (Fsp3) is 0.414. The van der Waals surface area contributed by atoms with Crippen molar-refractivity contribution >= 4 is 17.8 Å². The van der Waals surface area contributed by atoms with Gasteiger partial charge in [-0.1, -0.05) is 24.6 Å². The molecule has 38 heavy (non-hydrogen) atoms. The lowest BCUT2D eigenvalue weighted by molar-refractivity contribution is -0.120. The van der Waals surface area contributed by atoms with Gasteiger partial charge in [0.15, 0.2) is 0 Å². The Hall–Kier alpha value is -3.85. The SMILES string of the molecule is Cn1c(N2CCC(=O)NC2=O)cnc1-c1ccc2c(c1)CN(Cc1ccc(OC3CCCCC3)cc1O)C2. The van der Waals surface area contributed by atoms with E-state index < -0.39 is 6.03 Å². The molecular formula is C29H33N5O4. The molecule has 3 aliphatic rings. The van der Waals surface area contributed by atoms with Crippen LogP contribution in [-0.4, -0.2) is 44.1 Å². The van der Waals surface area contributed by atoms with Gasteiger partial charge in [-0.15, -0.1) is 0 Å². The number of fused-ring (bicyclic) bond motifs is 1. The predicted octanol–water partition coefficient (Wildman–Crippen LogP) is 4.47. The van der Waals surface area contributed by atoms with Crippen molar-refractivity contribution in [3.8, 4) is 22.9 Å². The Morgan fingerprint density at radius 3 is 2.66 bits per heavy atom. The van der Waals surface area contributed by atoms with E-state index in [9.17, 15) is 14.7 Å². The molecule has 2 aromatic carbocycles. The van der Waals surface area contributed by atoms with E-state index >= 15 is 0 Å². The van der Waals surface area contributed by atoms with Crippen molar-refractivity contribution in [2.45, 2.75) is 64.3 Å². The maximum atomic E-state index is 12.3. The molecule has 9 heteroatoms. The highest BCUT2D eigenvalue weighted by molar-refractivity contribution is 6.05. The number of benzene rings is 2. The van der Waals surface area contributed by atoms with Crippen LogP contribution in [0.3, 0.4) is 0 Å². The molecule has 1 aromatic heterocycles. The minimum Gasteiger partial charge on any atom is -0.507 e. The summed E-state index contributed by atoms with van der Waals surface area (Å²) in [5.41, 5.74) is 4.35. The van der Waals surface area contributed by atoms with Crippen LogP contribution in [0.5, 0.6) is 11.5 Å². The molecule has 3 heterocycles. The second-order valence-corrected chi connectivity index (χ2v) is 10.6. The highest BCUT2D eigenvalue weighted by atomic mass is 16.5. The number of ether oxygens (including phenoxy) is 1. The topological polar surface area (TPSA) is 99.9 Å². The largest absolute Gasteiger partial charge is 0.507 e. The number of nitrogens with one attached hydrogen (secondary N) is 1. The summed E-state index contributed by atoms with van der Waals surface area (Å²) in [5, 5.41) is 13.1. The van der Waals surface area contributed by atoms with Crippen molar-refractivity contribution in [1.82, 2.24) is 19.8 Å². The average molecular weight is 516 g/mol. The molecule has 3 aromatic rings. The van der Waals surface area contributed by atoms with Crippen LogP contribution in [0.2, 0.25) is 0 Å². The molecule has 0 bridgehead atoms. The van der Waals surface area contributed by atoms with Crippen LogP contribution in [-0.2, 0) is 31.5 Å². The van der Waals surface area contributed by atoms with Gasteiger partial charge in [0.25, 0.3) is 0 Å². The van der Waals surface area contributed by atoms with Gasteiger partial charge in [-0.25, -0.2) is 9.78 Å². The first kappa shape index (κ1) is 24.5. The van der Waals surface area contributed by atoms with Crippen LogP contribution in [0.15, 0.2) is 42.6 Å².